The van der Waals surface area contributed by atoms with Crippen LogP contribution in [0, 0.1) is 50.9 Å². The van der Waals surface area contributed by atoms with Crippen molar-refractivity contribution in [3.63, 3.8) is 0 Å². The van der Waals surface area contributed by atoms with Crippen LogP contribution in [0.15, 0.2) is 117 Å². The van der Waals surface area contributed by atoms with E-state index in [2.05, 4.69) is 103 Å². The summed E-state index contributed by atoms with van der Waals surface area (Å²) in [5.74, 6) is 4.57. The summed E-state index contributed by atoms with van der Waals surface area (Å²) in [6, 6.07) is 10.2. The maximum Gasteiger partial charge on any atom is 0.147 e. The molecule has 10 aliphatic heterocycles. The zero-order valence-corrected chi connectivity index (χ0v) is 80.3. The zero-order chi connectivity index (χ0) is 92.8. The molecule has 0 aromatic carbocycles. The molecule has 7 fully saturated rings. The molecule has 12 aliphatic rings. The lowest BCUT2D eigenvalue weighted by molar-refractivity contribution is 0.170. The molecule has 0 unspecified atom stereocenters. The van der Waals surface area contributed by atoms with E-state index >= 15 is 0 Å². The van der Waals surface area contributed by atoms with Crippen LogP contribution in [0.2, 0.25) is 25.1 Å². The first-order valence-electron chi connectivity index (χ1n) is 46.4. The number of aliphatic hydroxyl groups excluding tert-OH is 1. The topological polar surface area (TPSA) is 422 Å². The number of rotatable bonds is 12. The van der Waals surface area contributed by atoms with Gasteiger partial charge in [-0.05, 0) is 185 Å². The van der Waals surface area contributed by atoms with E-state index in [0.29, 0.717) is 80.8 Å². The van der Waals surface area contributed by atoms with Crippen LogP contribution >= 0.6 is 58.0 Å². The smallest absolute Gasteiger partial charge is 0.147 e. The van der Waals surface area contributed by atoms with Crippen LogP contribution in [0.4, 0.5) is 29.1 Å². The van der Waals surface area contributed by atoms with Gasteiger partial charge in [0.2, 0.25) is 0 Å². The number of aliphatic imine (C=N–C) groups is 5. The standard InChI is InChI=1S/2C21H25ClN6.C19H23ClN6.C18H21ClN6O.C18H21ClN6/c2*1-13-18(22)14(4-8-24-13)19-20-15(11-25-19)27-17(12-26-20)28-9-6-21(7-10-28)5-2-3-16(21)23;1-12-16(20)13(3-6-22-12)17-18-14(9-23-17)25-15(10-24-18)26-7-4-19(2,11-21)5-8-26;1-11-15(19)12(2-5-21-11)16-17-13(8-22-16)24-14(9-23-17)25-6-3-18(20,10-26)4-7-25;1-11-15(19)12(3-6-21-11)16-17-13(9-22-16)24-14(10-23-17)25-7-4-18(2,20)5-8-25/h2*4,8,12,16H,2-3,5-7,9-11,23H2,1H3;3,6,10H,4-5,7-9,11,21H2,1-2H3;2,5,9,26H,3-4,6-8,10,20H2,1H3;3,6,10H,4-5,7-9,20H2,1-2H3/t2*16-;;;/m11.../s1. The first-order valence-corrected chi connectivity index (χ1v) is 48.3. The molecule has 22 rings (SSSR count). The number of anilines is 5. The van der Waals surface area contributed by atoms with Crippen LogP contribution < -0.4 is 53.2 Å². The van der Waals surface area contributed by atoms with Crippen LogP contribution in [0.1, 0.15) is 230 Å². The second kappa shape index (κ2) is 38.8. The van der Waals surface area contributed by atoms with E-state index in [1.165, 1.54) is 38.5 Å². The predicted octanol–water partition coefficient (Wildman–Crippen LogP) is 13.3. The fourth-order valence-corrected chi connectivity index (χ4v) is 21.3. The number of halogens is 5. The summed E-state index contributed by atoms with van der Waals surface area (Å²) >= 11 is 32.1. The van der Waals surface area contributed by atoms with Crippen LogP contribution in [-0.2, 0) is 32.7 Å². The number of hydrogen-bond acceptors (Lipinski definition) is 31. The van der Waals surface area contributed by atoms with Crippen molar-refractivity contribution in [3.05, 3.63) is 231 Å². The minimum atomic E-state index is -0.479. The number of fused-ring (bicyclic) bond motifs is 5. The van der Waals surface area contributed by atoms with Crippen molar-refractivity contribution in [1.82, 2.24) is 74.8 Å². The molecular weight excluding hydrogens is 1780 g/mol. The first kappa shape index (κ1) is 93.1. The number of pyridine rings is 5. The van der Waals surface area contributed by atoms with E-state index in [1.807, 2.05) is 89.7 Å². The molecule has 694 valence electrons. The SMILES string of the molecule is Cc1nccc(C2=NCc3nc(N4CCC(C)(CN)CC4)cnc32)c1Cl.Cc1nccc(C2=NCc3nc(N4CCC(C)(N)CC4)cnc32)c1Cl.Cc1nccc(C2=NCc3nc(N4CCC(N)(CO)CC4)cnc32)c1Cl.Cc1nccc(C2=NCc3nc(N4CCC5(CCC[C@H]5N)CC4)cnc32)c1Cl.Cc1nccc(C2=NCc3nc(N4CCC5(CCC[C@H]5N)CC4)cnc32)c1Cl. The number of aliphatic hydroxyl groups is 1. The van der Waals surface area contributed by atoms with Gasteiger partial charge in [0, 0.05) is 147 Å². The average molecular weight is 1890 g/mol. The maximum atomic E-state index is 9.41. The van der Waals surface area contributed by atoms with Gasteiger partial charge < -0.3 is 58.3 Å². The Morgan fingerprint density at radius 3 is 0.797 bits per heavy atom. The molecule has 2 saturated carbocycles. The van der Waals surface area contributed by atoms with Gasteiger partial charge in [0.1, 0.15) is 57.6 Å². The molecule has 10 aromatic rings. The molecule has 133 heavy (non-hydrogen) atoms. The molecule has 0 amide bonds. The average Bonchev–Trinajstić information content (AvgIpc) is 1.66. The van der Waals surface area contributed by atoms with Gasteiger partial charge >= 0.3 is 0 Å². The van der Waals surface area contributed by atoms with Crippen molar-refractivity contribution >= 4 is 116 Å². The van der Waals surface area contributed by atoms with Crippen LogP contribution in [0.3, 0.4) is 0 Å². The van der Waals surface area contributed by atoms with Gasteiger partial charge in [-0.1, -0.05) is 77.8 Å². The van der Waals surface area contributed by atoms with Crippen LogP contribution in [0.5, 0.6) is 0 Å². The van der Waals surface area contributed by atoms with Crippen molar-refractivity contribution in [3.8, 4) is 0 Å². The lowest BCUT2D eigenvalue weighted by Gasteiger charge is -2.42. The van der Waals surface area contributed by atoms with Crippen LogP contribution in [0.25, 0.3) is 0 Å². The van der Waals surface area contributed by atoms with Gasteiger partial charge in [0.25, 0.3) is 0 Å². The number of nitrogens with two attached hydrogens (primary N) is 5. The van der Waals surface area contributed by atoms with E-state index < -0.39 is 5.54 Å². The lowest BCUT2D eigenvalue weighted by Crippen LogP contribution is -2.53. The number of hydrogen-bond donors (Lipinski definition) is 6. The summed E-state index contributed by atoms with van der Waals surface area (Å²) in [6.07, 6.45) is 35.6. The Balaban J connectivity index is 0.000000111. The van der Waals surface area contributed by atoms with E-state index in [0.717, 1.165) is 307 Å². The van der Waals surface area contributed by atoms with Gasteiger partial charge in [-0.15, -0.1) is 0 Å². The zero-order valence-electron chi connectivity index (χ0n) is 76.6. The third-order valence-corrected chi connectivity index (χ3v) is 31.7. The summed E-state index contributed by atoms with van der Waals surface area (Å²) in [6.45, 7) is 26.5. The molecule has 36 heteroatoms. The number of aromatic nitrogens is 15. The van der Waals surface area contributed by atoms with Crippen molar-refractivity contribution in [1.29, 1.82) is 0 Å². The highest BCUT2D eigenvalue weighted by molar-refractivity contribution is 6.38. The summed E-state index contributed by atoms with van der Waals surface area (Å²) in [5.41, 5.74) is 52.4. The van der Waals surface area contributed by atoms with Crippen LogP contribution in [-0.4, -0.2) is 210 Å². The minimum absolute atomic E-state index is 0.0139. The molecule has 0 radical (unpaired) electrons. The molecule has 20 heterocycles. The summed E-state index contributed by atoms with van der Waals surface area (Å²) in [5, 5.41) is 12.5. The molecule has 2 spiro atoms. The Morgan fingerprint density at radius 2 is 0.571 bits per heavy atom. The van der Waals surface area contributed by atoms with Gasteiger partial charge in [0.15, 0.2) is 0 Å². The normalized spacial score (nSPS) is 20.6. The van der Waals surface area contributed by atoms with Gasteiger partial charge in [-0.2, -0.15) is 0 Å². The largest absolute Gasteiger partial charge is 0.394 e. The third-order valence-electron chi connectivity index (χ3n) is 29.3. The predicted molar refractivity (Wildman–Crippen MR) is 526 cm³/mol. The van der Waals surface area contributed by atoms with E-state index in [4.69, 9.17) is 122 Å². The van der Waals surface area contributed by atoms with E-state index in [-0.39, 0.29) is 17.6 Å². The monoisotopic (exact) mass is 1890 g/mol. The Bertz CT molecular complexity index is 5920. The van der Waals surface area contributed by atoms with Gasteiger partial charge in [0.05, 0.1) is 181 Å². The van der Waals surface area contributed by atoms with Crippen molar-refractivity contribution < 1.29 is 5.11 Å². The Hall–Kier alpha value is -10.3. The Labute approximate surface area is 800 Å². The van der Waals surface area contributed by atoms with Crippen molar-refractivity contribution in [2.45, 2.75) is 207 Å². The lowest BCUT2D eigenvalue weighted by atomic mass is 9.74. The third kappa shape index (κ3) is 19.2. The second-order valence-corrected chi connectivity index (χ2v) is 40.0. The molecule has 0 bridgehead atoms. The molecule has 2 aliphatic carbocycles. The number of aryl methyl sites for hydroxylation is 5. The highest BCUT2D eigenvalue weighted by Gasteiger charge is 2.46. The van der Waals surface area contributed by atoms with Gasteiger partial charge in [-0.25, -0.2) is 49.8 Å². The fourth-order valence-electron chi connectivity index (χ4n) is 20.3. The number of piperidine rings is 5. The van der Waals surface area contributed by atoms with Crippen molar-refractivity contribution in [2.24, 2.45) is 69.9 Å². The molecule has 2 atom stereocenters. The fraction of sp³-hybridized carbons (Fsp3) is 0.485. The van der Waals surface area contributed by atoms with E-state index in [9.17, 15) is 5.11 Å². The second-order valence-electron chi connectivity index (χ2n) is 38.1. The highest BCUT2D eigenvalue weighted by Crippen LogP contribution is 2.48. The van der Waals surface area contributed by atoms with Gasteiger partial charge in [-0.3, -0.25) is 49.9 Å². The van der Waals surface area contributed by atoms with E-state index in [1.54, 1.807) is 37.2 Å². The summed E-state index contributed by atoms with van der Waals surface area (Å²) < 4.78 is 0. The molecular formula is C97H115Cl5N30O. The Kier molecular flexibility index (Phi) is 27.2. The number of nitrogens with zero attached hydrogens (tertiary/aromatic N) is 25. The van der Waals surface area contributed by atoms with Crippen molar-refractivity contribution in [2.75, 3.05) is 103 Å². The molecule has 11 N–H and O–H groups in total. The Morgan fingerprint density at radius 1 is 0.338 bits per heavy atom. The highest BCUT2D eigenvalue weighted by atomic mass is 35.5. The maximum absolute atomic E-state index is 9.41. The summed E-state index contributed by atoms with van der Waals surface area (Å²) in [7, 11) is 0. The minimum Gasteiger partial charge on any atom is -0.394 e. The molecule has 31 nitrogen and oxygen atoms in total. The quantitative estimate of drug-likeness (QED) is 0.0661. The molecule has 10 aromatic heterocycles. The molecule has 5 saturated heterocycles. The summed E-state index contributed by atoms with van der Waals surface area (Å²) in [4.78, 5) is 103. The first-order chi connectivity index (χ1) is 64.1.